The number of nitrogens with zero attached hydrogens (tertiary/aromatic N) is 1. The highest BCUT2D eigenvalue weighted by Crippen LogP contribution is 2.18. The summed E-state index contributed by atoms with van der Waals surface area (Å²) in [6.07, 6.45) is 3.55. The molecule has 0 spiro atoms. The van der Waals surface area contributed by atoms with E-state index in [-0.39, 0.29) is 24.2 Å². The van der Waals surface area contributed by atoms with Crippen molar-refractivity contribution in [2.45, 2.75) is 18.9 Å². The number of carbonyl (C=O) groups is 2. The normalized spacial score (nSPS) is 15.5. The van der Waals surface area contributed by atoms with Gasteiger partial charge in [-0.15, -0.1) is 0 Å². The van der Waals surface area contributed by atoms with Crippen LogP contribution in [-0.2, 0) is 14.3 Å². The number of methoxy groups -OCH3 is 1. The van der Waals surface area contributed by atoms with Gasteiger partial charge in [0.2, 0.25) is 0 Å². The predicted molar refractivity (Wildman–Crippen MR) is 119 cm³/mol. The van der Waals surface area contributed by atoms with Crippen molar-refractivity contribution in [1.82, 2.24) is 5.32 Å². The zero-order valence-corrected chi connectivity index (χ0v) is 17.8. The van der Waals surface area contributed by atoms with E-state index in [1.165, 1.54) is 6.08 Å². The van der Waals surface area contributed by atoms with Crippen LogP contribution in [0.1, 0.15) is 18.4 Å². The van der Waals surface area contributed by atoms with Crippen molar-refractivity contribution >= 4 is 23.6 Å². The van der Waals surface area contributed by atoms with Crippen LogP contribution in [0.4, 0.5) is 5.69 Å². The zero-order chi connectivity index (χ0) is 22.8. The average Bonchev–Trinajstić information content (AvgIpc) is 3.35. The third kappa shape index (κ3) is 6.86. The molecular formula is C24H25N3O5. The second-order valence-corrected chi connectivity index (χ2v) is 7.15. The monoisotopic (exact) mass is 435 g/mol. The fraction of sp³-hybridized carbons (Fsp3) is 0.292. The summed E-state index contributed by atoms with van der Waals surface area (Å²) in [5.41, 5.74) is 1.17. The minimum Gasteiger partial charge on any atom is -0.497 e. The Balaban J connectivity index is 1.51. The third-order valence-corrected chi connectivity index (χ3v) is 4.82. The highest BCUT2D eigenvalue weighted by atomic mass is 16.5. The lowest BCUT2D eigenvalue weighted by Crippen LogP contribution is -2.35. The maximum atomic E-state index is 12.4. The molecule has 1 heterocycles. The maximum Gasteiger partial charge on any atom is 0.266 e. The van der Waals surface area contributed by atoms with E-state index in [0.29, 0.717) is 29.3 Å². The summed E-state index contributed by atoms with van der Waals surface area (Å²) in [4.78, 5) is 24.3. The molecule has 166 valence electrons. The van der Waals surface area contributed by atoms with Gasteiger partial charge in [0.25, 0.3) is 11.8 Å². The molecule has 1 fully saturated rings. The summed E-state index contributed by atoms with van der Waals surface area (Å²) in [5, 5.41) is 14.8. The molecule has 0 unspecified atom stereocenters. The van der Waals surface area contributed by atoms with Gasteiger partial charge in [0.1, 0.15) is 23.1 Å². The molecule has 0 aromatic heterocycles. The Morgan fingerprint density at radius 2 is 1.88 bits per heavy atom. The van der Waals surface area contributed by atoms with Gasteiger partial charge >= 0.3 is 0 Å². The van der Waals surface area contributed by atoms with Crippen LogP contribution in [0.15, 0.2) is 54.1 Å². The predicted octanol–water partition coefficient (Wildman–Crippen LogP) is 2.91. The van der Waals surface area contributed by atoms with Crippen LogP contribution in [0.25, 0.3) is 6.08 Å². The largest absolute Gasteiger partial charge is 0.497 e. The van der Waals surface area contributed by atoms with E-state index in [0.717, 1.165) is 19.4 Å². The van der Waals surface area contributed by atoms with Gasteiger partial charge in [-0.25, -0.2) is 0 Å². The number of nitrogens with one attached hydrogen (secondary N) is 2. The fourth-order valence-electron chi connectivity index (χ4n) is 3.08. The first kappa shape index (κ1) is 22.8. The minimum atomic E-state index is -0.513. The lowest BCUT2D eigenvalue weighted by molar-refractivity contribution is -0.123. The standard InChI is InChI=1S/C24H25N3O5/c1-30-20-10-6-19(7-11-20)27-24(29)18(14-25)13-17-4-8-21(9-5-17)32-16-23(28)26-15-22-3-2-12-31-22/h4-11,13,22H,2-3,12,15-16H2,1H3,(H,26,28)(H,27,29)/b18-13+/t22-/m1/s1. The van der Waals surface area contributed by atoms with Crippen LogP contribution in [-0.4, -0.2) is 44.8 Å². The summed E-state index contributed by atoms with van der Waals surface area (Å²) < 4.78 is 16.0. The highest BCUT2D eigenvalue weighted by Gasteiger charge is 2.16. The number of carbonyl (C=O) groups excluding carboxylic acids is 2. The minimum absolute atomic E-state index is 0.0389. The third-order valence-electron chi connectivity index (χ3n) is 4.82. The van der Waals surface area contributed by atoms with E-state index in [9.17, 15) is 14.9 Å². The second kappa shape index (κ2) is 11.5. The van der Waals surface area contributed by atoms with Gasteiger partial charge in [-0.2, -0.15) is 5.26 Å². The van der Waals surface area contributed by atoms with Crippen molar-refractivity contribution in [2.24, 2.45) is 0 Å². The molecular weight excluding hydrogens is 410 g/mol. The lowest BCUT2D eigenvalue weighted by Gasteiger charge is -2.11. The van der Waals surface area contributed by atoms with Crippen molar-refractivity contribution in [3.05, 3.63) is 59.7 Å². The van der Waals surface area contributed by atoms with E-state index in [1.807, 2.05) is 6.07 Å². The van der Waals surface area contributed by atoms with Crippen molar-refractivity contribution in [3.63, 3.8) is 0 Å². The summed E-state index contributed by atoms with van der Waals surface area (Å²) in [6, 6.07) is 15.5. The Kier molecular flexibility index (Phi) is 8.23. The van der Waals surface area contributed by atoms with Crippen LogP contribution in [0.2, 0.25) is 0 Å². The van der Waals surface area contributed by atoms with E-state index >= 15 is 0 Å². The molecule has 8 heteroatoms. The molecule has 1 atom stereocenters. The molecule has 2 N–H and O–H groups in total. The van der Waals surface area contributed by atoms with E-state index in [1.54, 1.807) is 55.6 Å². The van der Waals surface area contributed by atoms with Gasteiger partial charge in [-0.1, -0.05) is 12.1 Å². The molecule has 0 saturated carbocycles. The van der Waals surface area contributed by atoms with Crippen molar-refractivity contribution in [1.29, 1.82) is 5.26 Å². The Morgan fingerprint density at radius 3 is 2.50 bits per heavy atom. The number of rotatable bonds is 9. The number of hydrogen-bond acceptors (Lipinski definition) is 6. The molecule has 0 bridgehead atoms. The first-order chi connectivity index (χ1) is 15.6. The van der Waals surface area contributed by atoms with E-state index < -0.39 is 5.91 Å². The Morgan fingerprint density at radius 1 is 1.16 bits per heavy atom. The molecule has 2 aromatic rings. The van der Waals surface area contributed by atoms with Crippen LogP contribution < -0.4 is 20.1 Å². The zero-order valence-electron chi connectivity index (χ0n) is 17.8. The summed E-state index contributed by atoms with van der Waals surface area (Å²) in [5.74, 6) is 0.449. The quantitative estimate of drug-likeness (QED) is 0.463. The van der Waals surface area contributed by atoms with Crippen LogP contribution in [0.3, 0.4) is 0 Å². The van der Waals surface area contributed by atoms with E-state index in [4.69, 9.17) is 14.2 Å². The van der Waals surface area contributed by atoms with Gasteiger partial charge in [-0.3, -0.25) is 9.59 Å². The van der Waals surface area contributed by atoms with Crippen molar-refractivity contribution < 1.29 is 23.8 Å². The maximum absolute atomic E-state index is 12.4. The molecule has 0 aliphatic carbocycles. The van der Waals surface area contributed by atoms with Crippen LogP contribution in [0, 0.1) is 11.3 Å². The molecule has 32 heavy (non-hydrogen) atoms. The molecule has 8 nitrogen and oxygen atoms in total. The van der Waals surface area contributed by atoms with Gasteiger partial charge in [-0.05, 0) is 60.9 Å². The summed E-state index contributed by atoms with van der Waals surface area (Å²) in [7, 11) is 1.56. The first-order valence-electron chi connectivity index (χ1n) is 10.3. The summed E-state index contributed by atoms with van der Waals surface area (Å²) in [6.45, 7) is 1.13. The Bertz CT molecular complexity index is 988. The molecule has 2 amide bonds. The second-order valence-electron chi connectivity index (χ2n) is 7.15. The number of benzene rings is 2. The Hall–Kier alpha value is -3.83. The lowest BCUT2D eigenvalue weighted by atomic mass is 10.1. The van der Waals surface area contributed by atoms with Gasteiger partial charge in [0.05, 0.1) is 13.2 Å². The average molecular weight is 435 g/mol. The highest BCUT2D eigenvalue weighted by molar-refractivity contribution is 6.09. The smallest absolute Gasteiger partial charge is 0.266 e. The topological polar surface area (TPSA) is 110 Å². The SMILES string of the molecule is COc1ccc(NC(=O)/C(C#N)=C/c2ccc(OCC(=O)NC[C@H]3CCCO3)cc2)cc1. The number of anilines is 1. The number of hydrogen-bond donors (Lipinski definition) is 2. The Labute approximate surface area is 186 Å². The van der Waals surface area contributed by atoms with Gasteiger partial charge < -0.3 is 24.8 Å². The molecule has 2 aromatic carbocycles. The molecule has 1 aliphatic rings. The van der Waals surface area contributed by atoms with Crippen LogP contribution >= 0.6 is 0 Å². The molecule has 3 rings (SSSR count). The number of nitriles is 1. The molecule has 0 radical (unpaired) electrons. The molecule has 1 aliphatic heterocycles. The van der Waals surface area contributed by atoms with Gasteiger partial charge in [0.15, 0.2) is 6.61 Å². The fourth-order valence-corrected chi connectivity index (χ4v) is 3.08. The van der Waals surface area contributed by atoms with Crippen LogP contribution in [0.5, 0.6) is 11.5 Å². The van der Waals surface area contributed by atoms with E-state index in [2.05, 4.69) is 10.6 Å². The number of amides is 2. The van der Waals surface area contributed by atoms with Crippen molar-refractivity contribution in [2.75, 3.05) is 32.2 Å². The first-order valence-corrected chi connectivity index (χ1v) is 10.3. The van der Waals surface area contributed by atoms with Crippen molar-refractivity contribution in [3.8, 4) is 17.6 Å². The van der Waals surface area contributed by atoms with Gasteiger partial charge in [0, 0.05) is 18.8 Å². The number of ether oxygens (including phenoxy) is 3. The summed E-state index contributed by atoms with van der Waals surface area (Å²) >= 11 is 0. The molecule has 1 saturated heterocycles.